The fourth-order valence-corrected chi connectivity index (χ4v) is 4.22. The standard InChI is InChI=1S/C19H22OS/c20-19(14-21-18-8-4-5-9-18)17-12-10-16(11-13-17)15-6-2-1-3-7-15/h1-3,6-7,10-13,18-20H,4-5,8-9,14H2. The van der Waals surface area contributed by atoms with E-state index in [4.69, 9.17) is 0 Å². The van der Waals surface area contributed by atoms with Gasteiger partial charge in [-0.25, -0.2) is 0 Å². The smallest absolute Gasteiger partial charge is 0.0880 e. The number of aliphatic hydroxyl groups excluding tert-OH is 1. The van der Waals surface area contributed by atoms with E-state index < -0.39 is 0 Å². The van der Waals surface area contributed by atoms with Crippen molar-refractivity contribution in [1.29, 1.82) is 0 Å². The summed E-state index contributed by atoms with van der Waals surface area (Å²) in [6, 6.07) is 18.7. The highest BCUT2D eigenvalue weighted by atomic mass is 32.2. The average molecular weight is 298 g/mol. The Morgan fingerprint density at radius 3 is 2.19 bits per heavy atom. The van der Waals surface area contributed by atoms with E-state index in [1.807, 2.05) is 17.8 Å². The predicted molar refractivity (Wildman–Crippen MR) is 91.6 cm³/mol. The molecular formula is C19H22OS. The Morgan fingerprint density at radius 2 is 1.52 bits per heavy atom. The van der Waals surface area contributed by atoms with Crippen LogP contribution in [0.2, 0.25) is 0 Å². The van der Waals surface area contributed by atoms with Crippen LogP contribution in [0.5, 0.6) is 0 Å². The molecule has 1 aliphatic rings. The fourth-order valence-electron chi connectivity index (χ4n) is 2.91. The summed E-state index contributed by atoms with van der Waals surface area (Å²) in [4.78, 5) is 0. The van der Waals surface area contributed by atoms with E-state index in [1.54, 1.807) is 0 Å². The van der Waals surface area contributed by atoms with Crippen LogP contribution in [0.1, 0.15) is 37.4 Å². The molecule has 0 radical (unpaired) electrons. The zero-order valence-corrected chi connectivity index (χ0v) is 13.1. The van der Waals surface area contributed by atoms with Gasteiger partial charge in [0.1, 0.15) is 0 Å². The zero-order chi connectivity index (χ0) is 14.5. The molecule has 2 aromatic rings. The van der Waals surface area contributed by atoms with Gasteiger partial charge in [0.15, 0.2) is 0 Å². The summed E-state index contributed by atoms with van der Waals surface area (Å²) in [5, 5.41) is 11.1. The van der Waals surface area contributed by atoms with Gasteiger partial charge in [-0.1, -0.05) is 67.4 Å². The number of benzene rings is 2. The van der Waals surface area contributed by atoms with Crippen LogP contribution in [-0.2, 0) is 0 Å². The highest BCUT2D eigenvalue weighted by molar-refractivity contribution is 7.99. The Kier molecular flexibility index (Phi) is 5.00. The average Bonchev–Trinajstić information content (AvgIpc) is 3.07. The third-order valence-electron chi connectivity index (χ3n) is 4.19. The summed E-state index contributed by atoms with van der Waals surface area (Å²) in [6.07, 6.45) is 5.02. The normalized spacial score (nSPS) is 17.0. The van der Waals surface area contributed by atoms with E-state index in [0.717, 1.165) is 16.6 Å². The molecule has 1 atom stereocenters. The molecule has 2 aromatic carbocycles. The molecule has 0 saturated heterocycles. The SMILES string of the molecule is OC(CSC1CCCC1)c1ccc(-c2ccccc2)cc1. The van der Waals surface area contributed by atoms with Crippen molar-refractivity contribution < 1.29 is 5.11 Å². The molecule has 3 rings (SSSR count). The van der Waals surface area contributed by atoms with Crippen molar-refractivity contribution in [3.05, 3.63) is 60.2 Å². The Labute approximate surface area is 131 Å². The van der Waals surface area contributed by atoms with Crippen molar-refractivity contribution in [3.63, 3.8) is 0 Å². The maximum absolute atomic E-state index is 10.3. The van der Waals surface area contributed by atoms with Crippen molar-refractivity contribution in [2.45, 2.75) is 37.0 Å². The van der Waals surface area contributed by atoms with Crippen LogP contribution in [0, 0.1) is 0 Å². The second-order valence-electron chi connectivity index (χ2n) is 5.74. The van der Waals surface area contributed by atoms with Gasteiger partial charge >= 0.3 is 0 Å². The molecule has 1 saturated carbocycles. The van der Waals surface area contributed by atoms with Crippen LogP contribution in [0.15, 0.2) is 54.6 Å². The van der Waals surface area contributed by atoms with E-state index in [1.165, 1.54) is 36.8 Å². The van der Waals surface area contributed by atoms with Crippen molar-refractivity contribution >= 4 is 11.8 Å². The molecule has 1 aliphatic carbocycles. The summed E-state index contributed by atoms with van der Waals surface area (Å²) < 4.78 is 0. The molecule has 1 N–H and O–H groups in total. The fraction of sp³-hybridized carbons (Fsp3) is 0.368. The van der Waals surface area contributed by atoms with Gasteiger partial charge in [0, 0.05) is 11.0 Å². The van der Waals surface area contributed by atoms with Gasteiger partial charge in [-0.3, -0.25) is 0 Å². The van der Waals surface area contributed by atoms with Gasteiger partial charge < -0.3 is 5.11 Å². The summed E-state index contributed by atoms with van der Waals surface area (Å²) in [6.45, 7) is 0. The number of aliphatic hydroxyl groups is 1. The minimum Gasteiger partial charge on any atom is -0.388 e. The first kappa shape index (κ1) is 14.7. The molecule has 110 valence electrons. The number of hydrogen-bond acceptors (Lipinski definition) is 2. The molecule has 1 nitrogen and oxygen atoms in total. The van der Waals surface area contributed by atoms with Crippen LogP contribution < -0.4 is 0 Å². The molecular weight excluding hydrogens is 276 g/mol. The lowest BCUT2D eigenvalue weighted by atomic mass is 10.0. The Hall–Kier alpha value is -1.25. The molecule has 0 spiro atoms. The second-order valence-corrected chi connectivity index (χ2v) is 7.08. The topological polar surface area (TPSA) is 20.2 Å². The molecule has 2 heteroatoms. The molecule has 1 fully saturated rings. The van der Waals surface area contributed by atoms with Crippen LogP contribution in [0.4, 0.5) is 0 Å². The van der Waals surface area contributed by atoms with Crippen LogP contribution in [0.25, 0.3) is 11.1 Å². The van der Waals surface area contributed by atoms with E-state index in [2.05, 4.69) is 48.5 Å². The summed E-state index contributed by atoms with van der Waals surface area (Å²) in [5.74, 6) is 0.815. The van der Waals surface area contributed by atoms with E-state index in [-0.39, 0.29) is 6.10 Å². The van der Waals surface area contributed by atoms with Crippen molar-refractivity contribution in [2.24, 2.45) is 0 Å². The minimum atomic E-state index is -0.347. The van der Waals surface area contributed by atoms with E-state index >= 15 is 0 Å². The summed E-state index contributed by atoms with van der Waals surface area (Å²) in [5.41, 5.74) is 3.45. The number of hydrogen-bond donors (Lipinski definition) is 1. The summed E-state index contributed by atoms with van der Waals surface area (Å²) >= 11 is 1.94. The lowest BCUT2D eigenvalue weighted by molar-refractivity contribution is 0.204. The number of rotatable bonds is 5. The molecule has 1 unspecified atom stereocenters. The third-order valence-corrected chi connectivity index (χ3v) is 5.65. The van der Waals surface area contributed by atoms with E-state index in [9.17, 15) is 5.11 Å². The second kappa shape index (κ2) is 7.15. The monoisotopic (exact) mass is 298 g/mol. The minimum absolute atomic E-state index is 0.347. The van der Waals surface area contributed by atoms with Crippen molar-refractivity contribution in [1.82, 2.24) is 0 Å². The first-order valence-electron chi connectivity index (χ1n) is 7.78. The lowest BCUT2D eigenvalue weighted by Crippen LogP contribution is -2.04. The van der Waals surface area contributed by atoms with Gasteiger partial charge in [0.2, 0.25) is 0 Å². The molecule has 0 aromatic heterocycles. The Bertz CT molecular complexity index is 544. The van der Waals surface area contributed by atoms with Crippen molar-refractivity contribution in [2.75, 3.05) is 5.75 Å². The Balaban J connectivity index is 1.60. The van der Waals surface area contributed by atoms with Crippen LogP contribution >= 0.6 is 11.8 Å². The lowest BCUT2D eigenvalue weighted by Gasteiger charge is -2.14. The van der Waals surface area contributed by atoms with Crippen LogP contribution in [0.3, 0.4) is 0 Å². The summed E-state index contributed by atoms with van der Waals surface area (Å²) in [7, 11) is 0. The molecule has 0 aliphatic heterocycles. The van der Waals surface area contributed by atoms with Crippen molar-refractivity contribution in [3.8, 4) is 11.1 Å². The van der Waals surface area contributed by atoms with Gasteiger partial charge in [-0.15, -0.1) is 0 Å². The quantitative estimate of drug-likeness (QED) is 0.832. The van der Waals surface area contributed by atoms with Gasteiger partial charge in [0.05, 0.1) is 6.10 Å². The highest BCUT2D eigenvalue weighted by Crippen LogP contribution is 2.32. The molecule has 0 amide bonds. The maximum atomic E-state index is 10.3. The predicted octanol–water partition coefficient (Wildman–Crippen LogP) is 5.06. The zero-order valence-electron chi connectivity index (χ0n) is 12.2. The first-order chi connectivity index (χ1) is 10.3. The van der Waals surface area contributed by atoms with Gasteiger partial charge in [0.25, 0.3) is 0 Å². The Morgan fingerprint density at radius 1 is 0.905 bits per heavy atom. The van der Waals surface area contributed by atoms with E-state index in [0.29, 0.717) is 0 Å². The first-order valence-corrected chi connectivity index (χ1v) is 8.83. The molecule has 21 heavy (non-hydrogen) atoms. The number of thioether (sulfide) groups is 1. The third kappa shape index (κ3) is 3.90. The highest BCUT2D eigenvalue weighted by Gasteiger charge is 2.17. The van der Waals surface area contributed by atoms with Crippen LogP contribution in [-0.4, -0.2) is 16.1 Å². The molecule has 0 bridgehead atoms. The molecule has 0 heterocycles. The maximum Gasteiger partial charge on any atom is 0.0880 e. The van der Waals surface area contributed by atoms with Gasteiger partial charge in [-0.2, -0.15) is 11.8 Å². The largest absolute Gasteiger partial charge is 0.388 e. The van der Waals surface area contributed by atoms with Gasteiger partial charge in [-0.05, 0) is 29.5 Å².